The minimum atomic E-state index is 0.808. The van der Waals surface area contributed by atoms with Crippen LogP contribution >= 0.6 is 0 Å². The zero-order chi connectivity index (χ0) is 9.10. The number of nitrogens with zero attached hydrogens (tertiary/aromatic N) is 1. The SMILES string of the molecule is CCCC1CN(CC2CCCN2)C1. The molecule has 0 aromatic carbocycles. The van der Waals surface area contributed by atoms with Gasteiger partial charge in [0.1, 0.15) is 0 Å². The quantitative estimate of drug-likeness (QED) is 0.708. The summed E-state index contributed by atoms with van der Waals surface area (Å²) in [6, 6.07) is 0.808. The van der Waals surface area contributed by atoms with Crippen LogP contribution in [0, 0.1) is 5.92 Å². The Labute approximate surface area is 81.7 Å². The Morgan fingerprint density at radius 1 is 1.38 bits per heavy atom. The van der Waals surface area contributed by atoms with E-state index in [1.807, 2.05) is 0 Å². The highest BCUT2D eigenvalue weighted by molar-refractivity contribution is 4.85. The lowest BCUT2D eigenvalue weighted by Gasteiger charge is -2.40. The molecule has 2 aliphatic rings. The Morgan fingerprint density at radius 2 is 2.23 bits per heavy atom. The van der Waals surface area contributed by atoms with E-state index in [1.54, 1.807) is 0 Å². The maximum atomic E-state index is 3.56. The van der Waals surface area contributed by atoms with Crippen LogP contribution in [0.2, 0.25) is 0 Å². The number of hydrogen-bond donors (Lipinski definition) is 1. The van der Waals surface area contributed by atoms with Gasteiger partial charge in [0.15, 0.2) is 0 Å². The number of nitrogens with one attached hydrogen (secondary N) is 1. The molecular weight excluding hydrogens is 160 g/mol. The summed E-state index contributed by atoms with van der Waals surface area (Å²) < 4.78 is 0. The van der Waals surface area contributed by atoms with Crippen molar-refractivity contribution in [3.63, 3.8) is 0 Å². The maximum absolute atomic E-state index is 3.56. The highest BCUT2D eigenvalue weighted by Crippen LogP contribution is 2.21. The molecule has 2 rings (SSSR count). The fourth-order valence-corrected chi connectivity index (χ4v) is 2.64. The third-order valence-electron chi connectivity index (χ3n) is 3.37. The predicted octanol–water partition coefficient (Wildman–Crippen LogP) is 1.47. The molecule has 13 heavy (non-hydrogen) atoms. The molecule has 2 saturated heterocycles. The first-order chi connectivity index (χ1) is 6.38. The van der Waals surface area contributed by atoms with Gasteiger partial charge >= 0.3 is 0 Å². The number of likely N-dealkylation sites (tertiary alicyclic amines) is 1. The topological polar surface area (TPSA) is 15.3 Å². The second-order valence-electron chi connectivity index (χ2n) is 4.67. The monoisotopic (exact) mass is 182 g/mol. The van der Waals surface area contributed by atoms with Crippen molar-refractivity contribution in [2.45, 2.75) is 38.6 Å². The zero-order valence-electron chi connectivity index (χ0n) is 8.76. The van der Waals surface area contributed by atoms with Gasteiger partial charge in [-0.3, -0.25) is 0 Å². The molecule has 2 aliphatic heterocycles. The molecule has 0 saturated carbocycles. The Hall–Kier alpha value is -0.0800. The highest BCUT2D eigenvalue weighted by Gasteiger charge is 2.28. The molecule has 0 aliphatic carbocycles. The Balaban J connectivity index is 1.58. The van der Waals surface area contributed by atoms with Gasteiger partial charge in [0.25, 0.3) is 0 Å². The summed E-state index contributed by atoms with van der Waals surface area (Å²) >= 11 is 0. The molecule has 0 bridgehead atoms. The molecule has 0 amide bonds. The van der Waals surface area contributed by atoms with Gasteiger partial charge in [-0.25, -0.2) is 0 Å². The highest BCUT2D eigenvalue weighted by atomic mass is 15.2. The Kier molecular flexibility index (Phi) is 3.23. The standard InChI is InChI=1S/C11H22N2/c1-2-4-10-7-13(8-10)9-11-5-3-6-12-11/h10-12H,2-9H2,1H3. The summed E-state index contributed by atoms with van der Waals surface area (Å²) in [5.74, 6) is 1.02. The van der Waals surface area contributed by atoms with Gasteiger partial charge in [0.2, 0.25) is 0 Å². The lowest BCUT2D eigenvalue weighted by molar-refractivity contribution is 0.0847. The molecule has 2 heterocycles. The van der Waals surface area contributed by atoms with E-state index in [9.17, 15) is 0 Å². The van der Waals surface area contributed by atoms with Crippen LogP contribution < -0.4 is 5.32 Å². The normalized spacial score (nSPS) is 30.7. The van der Waals surface area contributed by atoms with Crippen LogP contribution in [0.3, 0.4) is 0 Å². The molecule has 2 heteroatoms. The molecule has 2 fully saturated rings. The van der Waals surface area contributed by atoms with Crippen LogP contribution in [0.25, 0.3) is 0 Å². The van der Waals surface area contributed by atoms with Crippen molar-refractivity contribution in [2.75, 3.05) is 26.2 Å². The molecule has 0 spiro atoms. The molecule has 0 radical (unpaired) electrons. The summed E-state index contributed by atoms with van der Waals surface area (Å²) in [4.78, 5) is 2.61. The number of rotatable bonds is 4. The van der Waals surface area contributed by atoms with Crippen molar-refractivity contribution in [3.8, 4) is 0 Å². The van der Waals surface area contributed by atoms with Crippen LogP contribution in [-0.2, 0) is 0 Å². The van der Waals surface area contributed by atoms with E-state index in [1.165, 1.54) is 51.9 Å². The van der Waals surface area contributed by atoms with Crippen molar-refractivity contribution < 1.29 is 0 Å². The Morgan fingerprint density at radius 3 is 2.85 bits per heavy atom. The minimum absolute atomic E-state index is 0.808. The first kappa shape index (κ1) is 9.47. The largest absolute Gasteiger partial charge is 0.313 e. The van der Waals surface area contributed by atoms with Gasteiger partial charge in [0, 0.05) is 25.7 Å². The third-order valence-corrected chi connectivity index (χ3v) is 3.37. The first-order valence-corrected chi connectivity index (χ1v) is 5.84. The van der Waals surface area contributed by atoms with Crippen LogP contribution in [-0.4, -0.2) is 37.1 Å². The molecule has 1 atom stereocenters. The fourth-order valence-electron chi connectivity index (χ4n) is 2.64. The second kappa shape index (κ2) is 4.43. The summed E-state index contributed by atoms with van der Waals surface area (Å²) in [7, 11) is 0. The van der Waals surface area contributed by atoms with Gasteiger partial charge in [0.05, 0.1) is 0 Å². The van der Waals surface area contributed by atoms with E-state index in [0.717, 1.165) is 12.0 Å². The molecule has 1 unspecified atom stereocenters. The van der Waals surface area contributed by atoms with Crippen molar-refractivity contribution >= 4 is 0 Å². The van der Waals surface area contributed by atoms with Crippen molar-refractivity contribution in [1.29, 1.82) is 0 Å². The van der Waals surface area contributed by atoms with E-state index >= 15 is 0 Å². The van der Waals surface area contributed by atoms with Crippen LogP contribution in [0.15, 0.2) is 0 Å². The number of hydrogen-bond acceptors (Lipinski definition) is 2. The Bertz CT molecular complexity index is 146. The third kappa shape index (κ3) is 2.44. The van der Waals surface area contributed by atoms with Crippen molar-refractivity contribution in [1.82, 2.24) is 10.2 Å². The minimum Gasteiger partial charge on any atom is -0.313 e. The summed E-state index contributed by atoms with van der Waals surface area (Å²) in [5.41, 5.74) is 0. The van der Waals surface area contributed by atoms with Crippen molar-refractivity contribution in [2.24, 2.45) is 5.92 Å². The molecule has 0 aromatic rings. The molecule has 1 N–H and O–H groups in total. The van der Waals surface area contributed by atoms with Crippen molar-refractivity contribution in [3.05, 3.63) is 0 Å². The van der Waals surface area contributed by atoms with Gasteiger partial charge in [-0.2, -0.15) is 0 Å². The van der Waals surface area contributed by atoms with Crippen LogP contribution in [0.4, 0.5) is 0 Å². The maximum Gasteiger partial charge on any atom is 0.0195 e. The van der Waals surface area contributed by atoms with E-state index in [0.29, 0.717) is 0 Å². The lowest BCUT2D eigenvalue weighted by Crippen LogP contribution is -2.51. The zero-order valence-corrected chi connectivity index (χ0v) is 8.76. The molecule has 2 nitrogen and oxygen atoms in total. The molecular formula is C11H22N2. The van der Waals surface area contributed by atoms with Crippen LogP contribution in [0.5, 0.6) is 0 Å². The lowest BCUT2D eigenvalue weighted by atomic mass is 9.94. The average molecular weight is 182 g/mol. The summed E-state index contributed by atoms with van der Waals surface area (Å²) in [5, 5.41) is 3.56. The summed E-state index contributed by atoms with van der Waals surface area (Å²) in [6.45, 7) is 7.58. The fraction of sp³-hybridized carbons (Fsp3) is 1.00. The van der Waals surface area contributed by atoms with Gasteiger partial charge in [-0.15, -0.1) is 0 Å². The molecule has 0 aromatic heterocycles. The second-order valence-corrected chi connectivity index (χ2v) is 4.67. The van der Waals surface area contributed by atoms with E-state index < -0.39 is 0 Å². The average Bonchev–Trinajstić information content (AvgIpc) is 2.53. The van der Waals surface area contributed by atoms with Crippen LogP contribution in [0.1, 0.15) is 32.6 Å². The van der Waals surface area contributed by atoms with Gasteiger partial charge in [-0.1, -0.05) is 13.3 Å². The van der Waals surface area contributed by atoms with E-state index in [2.05, 4.69) is 17.1 Å². The summed E-state index contributed by atoms with van der Waals surface area (Å²) in [6.07, 6.45) is 5.58. The van der Waals surface area contributed by atoms with E-state index in [4.69, 9.17) is 0 Å². The predicted molar refractivity (Wildman–Crippen MR) is 55.9 cm³/mol. The van der Waals surface area contributed by atoms with Gasteiger partial charge < -0.3 is 10.2 Å². The molecule has 76 valence electrons. The smallest absolute Gasteiger partial charge is 0.0195 e. The van der Waals surface area contributed by atoms with Gasteiger partial charge in [-0.05, 0) is 31.7 Å². The first-order valence-electron chi connectivity index (χ1n) is 5.84. The van der Waals surface area contributed by atoms with E-state index in [-0.39, 0.29) is 0 Å².